The quantitative estimate of drug-likeness (QED) is 0.706. The summed E-state index contributed by atoms with van der Waals surface area (Å²) in [5, 5.41) is 0. The van der Waals surface area contributed by atoms with Gasteiger partial charge in [-0.05, 0) is 0 Å². The first-order valence-electron chi connectivity index (χ1n) is 4.40. The first-order chi connectivity index (χ1) is 6.81. The molecule has 7 heteroatoms. The zero-order valence-electron chi connectivity index (χ0n) is 9.16. The van der Waals surface area contributed by atoms with Crippen molar-refractivity contribution in [1.82, 2.24) is 0 Å². The Morgan fingerprint density at radius 2 is 1.13 bits per heavy atom. The second-order valence-electron chi connectivity index (χ2n) is 2.82. The van der Waals surface area contributed by atoms with Crippen molar-refractivity contribution in [3.8, 4) is 0 Å². The van der Waals surface area contributed by atoms with Gasteiger partial charge in [-0.15, -0.1) is 0 Å². The van der Waals surface area contributed by atoms with Crippen LogP contribution in [0.5, 0.6) is 0 Å². The minimum absolute atomic E-state index is 0.230. The summed E-state index contributed by atoms with van der Waals surface area (Å²) in [4.78, 5) is 32.5. The van der Waals surface area contributed by atoms with E-state index in [0.717, 1.165) is 0 Å². The van der Waals surface area contributed by atoms with Crippen LogP contribution in [0.2, 0.25) is 4.44 Å². The van der Waals surface area contributed by atoms with Crippen LogP contribution in [0, 0.1) is 0 Å². The standard InChI is InChI=1S/3C2H4O2.C2H5.Sn/c3*1-2(3)4;1-2;/h3*1H3,(H,3,4);1H2,2H3;/q;;;;+3/p-3. The summed E-state index contributed by atoms with van der Waals surface area (Å²) in [5.41, 5.74) is 0. The third kappa shape index (κ3) is 5.60. The van der Waals surface area contributed by atoms with E-state index < -0.39 is 37.5 Å². The molecule has 0 spiro atoms. The molecule has 0 atom stereocenters. The van der Waals surface area contributed by atoms with Gasteiger partial charge in [-0.25, -0.2) is 0 Å². The summed E-state index contributed by atoms with van der Waals surface area (Å²) in [6.45, 7) is 5.17. The van der Waals surface area contributed by atoms with Gasteiger partial charge in [0.2, 0.25) is 0 Å². The summed E-state index contributed by atoms with van der Waals surface area (Å²) in [6.07, 6.45) is 0. The van der Waals surface area contributed by atoms with Crippen LogP contribution in [0.3, 0.4) is 0 Å². The van der Waals surface area contributed by atoms with Gasteiger partial charge in [-0.2, -0.15) is 0 Å². The Labute approximate surface area is 93.4 Å². The molecule has 0 saturated carbocycles. The van der Waals surface area contributed by atoms with E-state index in [9.17, 15) is 14.4 Å². The second-order valence-corrected chi connectivity index (χ2v) is 10.5. The molecule has 0 heterocycles. The van der Waals surface area contributed by atoms with E-state index in [2.05, 4.69) is 0 Å². The first-order valence-corrected chi connectivity index (χ1v) is 9.91. The average Bonchev–Trinajstić information content (AvgIpc) is 1.99. The molecule has 0 fully saturated rings. The SMILES string of the molecule is C[CH2][Sn]([O]C(C)=O)([O]C(C)=O)[O]C(C)=O. The summed E-state index contributed by atoms with van der Waals surface area (Å²) >= 11 is -4.31. The van der Waals surface area contributed by atoms with E-state index in [1.165, 1.54) is 20.8 Å². The topological polar surface area (TPSA) is 78.9 Å². The summed E-state index contributed by atoms with van der Waals surface area (Å²) in [5.74, 6) is -1.85. The third-order valence-corrected chi connectivity index (χ3v) is 8.93. The van der Waals surface area contributed by atoms with E-state index in [1.54, 1.807) is 6.92 Å². The van der Waals surface area contributed by atoms with Crippen LogP contribution in [0.1, 0.15) is 27.7 Å². The molecule has 0 unspecified atom stereocenters. The molecule has 0 aliphatic rings. The predicted octanol–water partition coefficient (Wildman–Crippen LogP) is 0.635. The normalized spacial score (nSPS) is 10.4. The van der Waals surface area contributed by atoms with Crippen LogP contribution < -0.4 is 0 Å². The monoisotopic (exact) mass is 326 g/mol. The molecule has 0 aromatic rings. The van der Waals surface area contributed by atoms with E-state index in [1.807, 2.05) is 0 Å². The van der Waals surface area contributed by atoms with Crippen molar-refractivity contribution in [2.45, 2.75) is 32.1 Å². The molecule has 0 N–H and O–H groups in total. The molecule has 0 aromatic heterocycles. The van der Waals surface area contributed by atoms with Crippen molar-refractivity contribution in [3.63, 3.8) is 0 Å². The number of carbonyl (C=O) groups is 3. The van der Waals surface area contributed by atoms with Gasteiger partial charge in [0.1, 0.15) is 0 Å². The summed E-state index contributed by atoms with van der Waals surface area (Å²) in [6, 6.07) is 0. The number of hydrogen-bond donors (Lipinski definition) is 0. The molecule has 0 radical (unpaired) electrons. The number of carbonyl (C=O) groups excluding carboxylic acids is 3. The van der Waals surface area contributed by atoms with Gasteiger partial charge < -0.3 is 0 Å². The van der Waals surface area contributed by atoms with Crippen LogP contribution >= 0.6 is 0 Å². The second kappa shape index (κ2) is 5.94. The molecule has 6 nitrogen and oxygen atoms in total. The zero-order chi connectivity index (χ0) is 12.1. The molecule has 15 heavy (non-hydrogen) atoms. The van der Waals surface area contributed by atoms with Gasteiger partial charge in [0.15, 0.2) is 0 Å². The fourth-order valence-corrected chi connectivity index (χ4v) is 6.28. The number of hydrogen-bond acceptors (Lipinski definition) is 6. The Morgan fingerprint density at radius 1 is 0.867 bits per heavy atom. The molecular formula is C8H14O6Sn. The van der Waals surface area contributed by atoms with E-state index >= 15 is 0 Å². The summed E-state index contributed by atoms with van der Waals surface area (Å²) < 4.78 is 14.9. The summed E-state index contributed by atoms with van der Waals surface area (Å²) in [7, 11) is 0. The van der Waals surface area contributed by atoms with Gasteiger partial charge in [0.05, 0.1) is 0 Å². The Balaban J connectivity index is 4.81. The molecule has 0 saturated heterocycles. The minimum atomic E-state index is -4.31. The van der Waals surface area contributed by atoms with E-state index in [0.29, 0.717) is 0 Å². The maximum absolute atomic E-state index is 10.8. The molecular weight excluding hydrogens is 311 g/mol. The van der Waals surface area contributed by atoms with Crippen molar-refractivity contribution in [1.29, 1.82) is 0 Å². The Kier molecular flexibility index (Phi) is 5.62. The van der Waals surface area contributed by atoms with Crippen LogP contribution in [-0.4, -0.2) is 37.5 Å². The molecule has 0 bridgehead atoms. The molecule has 0 aromatic carbocycles. The van der Waals surface area contributed by atoms with Gasteiger partial charge in [-0.3, -0.25) is 0 Å². The molecule has 86 valence electrons. The van der Waals surface area contributed by atoms with Crippen molar-refractivity contribution < 1.29 is 23.6 Å². The first kappa shape index (κ1) is 14.2. The third-order valence-electron chi connectivity index (χ3n) is 1.33. The average molecular weight is 325 g/mol. The van der Waals surface area contributed by atoms with Crippen molar-refractivity contribution in [3.05, 3.63) is 0 Å². The van der Waals surface area contributed by atoms with Gasteiger partial charge >= 0.3 is 93.3 Å². The maximum atomic E-state index is 10.8. The van der Waals surface area contributed by atoms with Gasteiger partial charge in [-0.1, -0.05) is 0 Å². The van der Waals surface area contributed by atoms with Crippen LogP contribution in [-0.2, 0) is 23.6 Å². The predicted molar refractivity (Wildman–Crippen MR) is 51.5 cm³/mol. The fourth-order valence-electron chi connectivity index (χ4n) is 0.936. The van der Waals surface area contributed by atoms with E-state index in [-0.39, 0.29) is 4.44 Å². The molecule has 0 rings (SSSR count). The van der Waals surface area contributed by atoms with Crippen LogP contribution in [0.15, 0.2) is 0 Å². The van der Waals surface area contributed by atoms with Crippen molar-refractivity contribution in [2.24, 2.45) is 0 Å². The Bertz CT molecular complexity index is 234. The fraction of sp³-hybridized carbons (Fsp3) is 0.625. The molecule has 0 aliphatic carbocycles. The van der Waals surface area contributed by atoms with Crippen molar-refractivity contribution >= 4 is 37.5 Å². The van der Waals surface area contributed by atoms with Crippen LogP contribution in [0.25, 0.3) is 0 Å². The molecule has 0 amide bonds. The zero-order valence-corrected chi connectivity index (χ0v) is 12.0. The molecule has 0 aliphatic heterocycles. The number of rotatable bonds is 4. The Morgan fingerprint density at radius 3 is 1.27 bits per heavy atom. The van der Waals surface area contributed by atoms with Crippen LogP contribution in [0.4, 0.5) is 0 Å². The Hall–Kier alpha value is -0.791. The van der Waals surface area contributed by atoms with Gasteiger partial charge in [0.25, 0.3) is 0 Å². The van der Waals surface area contributed by atoms with Gasteiger partial charge in [0, 0.05) is 0 Å². The van der Waals surface area contributed by atoms with Crippen molar-refractivity contribution in [2.75, 3.05) is 0 Å². The van der Waals surface area contributed by atoms with E-state index in [4.69, 9.17) is 9.22 Å².